The Balaban J connectivity index is 1.40. The van der Waals surface area contributed by atoms with E-state index >= 15 is 0 Å². The van der Waals surface area contributed by atoms with Gasteiger partial charge < -0.3 is 14.8 Å². The number of ether oxygens (including phenoxy) is 2. The molecule has 3 aromatic carbocycles. The van der Waals surface area contributed by atoms with Crippen LogP contribution in [0.4, 0.5) is 5.69 Å². The third kappa shape index (κ3) is 4.53. The summed E-state index contributed by atoms with van der Waals surface area (Å²) in [7, 11) is 0. The minimum atomic E-state index is 0.276. The van der Waals surface area contributed by atoms with Crippen LogP contribution in [0.15, 0.2) is 78.9 Å². The Labute approximate surface area is 169 Å². The summed E-state index contributed by atoms with van der Waals surface area (Å²) in [6, 6.07) is 26.3. The van der Waals surface area contributed by atoms with Gasteiger partial charge in [0.25, 0.3) is 0 Å². The zero-order chi connectivity index (χ0) is 19.2. The van der Waals surface area contributed by atoms with Crippen molar-refractivity contribution in [1.29, 1.82) is 0 Å². The number of thiocarbonyl (C=S) groups is 1. The molecule has 3 aromatic rings. The maximum Gasteiger partial charge on any atom is 0.231 e. The van der Waals surface area contributed by atoms with Gasteiger partial charge in [0.1, 0.15) is 0 Å². The Bertz CT molecular complexity index is 935. The minimum absolute atomic E-state index is 0.276. The molecular weight excluding hydrogens is 370 g/mol. The van der Waals surface area contributed by atoms with Gasteiger partial charge in [-0.15, -0.1) is 0 Å². The molecular formula is C22H21N3O2S. The quantitative estimate of drug-likeness (QED) is 0.489. The smallest absolute Gasteiger partial charge is 0.231 e. The van der Waals surface area contributed by atoms with Crippen LogP contribution in [0.2, 0.25) is 0 Å². The van der Waals surface area contributed by atoms with Crippen molar-refractivity contribution in [1.82, 2.24) is 10.7 Å². The van der Waals surface area contributed by atoms with Crippen molar-refractivity contribution in [3.63, 3.8) is 0 Å². The van der Waals surface area contributed by atoms with Crippen LogP contribution >= 0.6 is 12.2 Å². The number of benzene rings is 3. The Hall–Kier alpha value is -3.25. The van der Waals surface area contributed by atoms with E-state index < -0.39 is 0 Å². The first kappa shape index (κ1) is 18.1. The van der Waals surface area contributed by atoms with E-state index in [9.17, 15) is 0 Å². The van der Waals surface area contributed by atoms with Crippen LogP contribution in [0, 0.1) is 0 Å². The molecule has 4 rings (SSSR count). The molecule has 5 nitrogen and oxygen atoms in total. The Morgan fingerprint density at radius 1 is 0.857 bits per heavy atom. The highest BCUT2D eigenvalue weighted by molar-refractivity contribution is 7.80. The van der Waals surface area contributed by atoms with E-state index in [1.807, 2.05) is 59.6 Å². The highest BCUT2D eigenvalue weighted by Crippen LogP contribution is 2.32. The molecule has 0 saturated carbocycles. The summed E-state index contributed by atoms with van der Waals surface area (Å²) in [5, 5.41) is 5.84. The van der Waals surface area contributed by atoms with Gasteiger partial charge in [-0.05, 0) is 47.6 Å². The number of hydrazine groups is 1. The fourth-order valence-electron chi connectivity index (χ4n) is 2.96. The van der Waals surface area contributed by atoms with E-state index in [1.165, 1.54) is 5.56 Å². The SMILES string of the molecule is S=C(NCc1ccc2c(c1)OCO2)NN(Cc1ccccc1)c1ccccc1. The topological polar surface area (TPSA) is 45.8 Å². The van der Waals surface area contributed by atoms with Crippen molar-refractivity contribution in [3.8, 4) is 11.5 Å². The second kappa shape index (κ2) is 8.63. The van der Waals surface area contributed by atoms with Gasteiger partial charge in [0.05, 0.1) is 12.2 Å². The molecule has 0 bridgehead atoms. The minimum Gasteiger partial charge on any atom is -0.454 e. The summed E-state index contributed by atoms with van der Waals surface area (Å²) in [6.07, 6.45) is 0. The second-order valence-electron chi connectivity index (χ2n) is 6.39. The van der Waals surface area contributed by atoms with E-state index in [-0.39, 0.29) is 6.79 Å². The maximum atomic E-state index is 5.53. The van der Waals surface area contributed by atoms with Gasteiger partial charge in [-0.2, -0.15) is 0 Å². The summed E-state index contributed by atoms with van der Waals surface area (Å²) < 4.78 is 10.8. The normalized spacial score (nSPS) is 11.7. The lowest BCUT2D eigenvalue weighted by molar-refractivity contribution is 0.174. The molecule has 0 radical (unpaired) electrons. The highest BCUT2D eigenvalue weighted by Gasteiger charge is 2.13. The fraction of sp³-hybridized carbons (Fsp3) is 0.136. The van der Waals surface area contributed by atoms with E-state index in [0.717, 1.165) is 22.7 Å². The number of fused-ring (bicyclic) bond motifs is 1. The standard InChI is InChI=1S/C22H21N3O2S/c28-22(23-14-18-11-12-20-21(13-18)27-16-26-20)24-25(19-9-5-2-6-10-19)15-17-7-3-1-4-8-17/h1-13H,14-16H2,(H2,23,24,28). The molecule has 0 spiro atoms. The molecule has 0 aromatic heterocycles. The van der Waals surface area contributed by atoms with Crippen LogP contribution in [-0.2, 0) is 13.1 Å². The summed E-state index contributed by atoms with van der Waals surface area (Å²) in [4.78, 5) is 0. The van der Waals surface area contributed by atoms with Crippen molar-refractivity contribution in [2.75, 3.05) is 11.8 Å². The second-order valence-corrected chi connectivity index (χ2v) is 6.80. The highest BCUT2D eigenvalue weighted by atomic mass is 32.1. The predicted molar refractivity (Wildman–Crippen MR) is 114 cm³/mol. The molecule has 0 aliphatic carbocycles. The van der Waals surface area contributed by atoms with Gasteiger partial charge >= 0.3 is 0 Å². The van der Waals surface area contributed by atoms with Gasteiger partial charge in [-0.25, -0.2) is 0 Å². The van der Waals surface area contributed by atoms with Crippen LogP contribution in [0.3, 0.4) is 0 Å². The van der Waals surface area contributed by atoms with E-state index in [4.69, 9.17) is 21.7 Å². The number of anilines is 1. The van der Waals surface area contributed by atoms with Crippen molar-refractivity contribution >= 4 is 23.0 Å². The first-order valence-electron chi connectivity index (χ1n) is 9.07. The molecule has 28 heavy (non-hydrogen) atoms. The first-order chi connectivity index (χ1) is 13.8. The number of hydrogen-bond donors (Lipinski definition) is 2. The summed E-state index contributed by atoms with van der Waals surface area (Å²) >= 11 is 5.53. The molecule has 2 N–H and O–H groups in total. The van der Waals surface area contributed by atoms with Crippen molar-refractivity contribution < 1.29 is 9.47 Å². The average Bonchev–Trinajstić information content (AvgIpc) is 3.21. The van der Waals surface area contributed by atoms with Crippen LogP contribution in [0.5, 0.6) is 11.5 Å². The van der Waals surface area contributed by atoms with Crippen LogP contribution in [0.1, 0.15) is 11.1 Å². The lowest BCUT2D eigenvalue weighted by Crippen LogP contribution is -2.46. The van der Waals surface area contributed by atoms with Crippen molar-refractivity contribution in [2.45, 2.75) is 13.1 Å². The molecule has 1 aliphatic rings. The Morgan fingerprint density at radius 3 is 2.36 bits per heavy atom. The average molecular weight is 391 g/mol. The summed E-state index contributed by atoms with van der Waals surface area (Å²) in [5.41, 5.74) is 6.61. The molecule has 142 valence electrons. The Kier molecular flexibility index (Phi) is 5.58. The zero-order valence-corrected chi connectivity index (χ0v) is 16.1. The lowest BCUT2D eigenvalue weighted by Gasteiger charge is -2.27. The third-order valence-electron chi connectivity index (χ3n) is 4.38. The molecule has 6 heteroatoms. The van der Waals surface area contributed by atoms with Gasteiger partial charge in [0, 0.05) is 6.54 Å². The molecule has 1 heterocycles. The predicted octanol–water partition coefficient (Wildman–Crippen LogP) is 4.00. The molecule has 0 fully saturated rings. The van der Waals surface area contributed by atoms with Crippen LogP contribution in [0.25, 0.3) is 0 Å². The molecule has 0 saturated heterocycles. The van der Waals surface area contributed by atoms with E-state index in [2.05, 4.69) is 35.0 Å². The first-order valence-corrected chi connectivity index (χ1v) is 9.48. The fourth-order valence-corrected chi connectivity index (χ4v) is 3.15. The largest absolute Gasteiger partial charge is 0.454 e. The van der Waals surface area contributed by atoms with Gasteiger partial charge in [-0.3, -0.25) is 10.4 Å². The molecule has 0 unspecified atom stereocenters. The monoisotopic (exact) mass is 391 g/mol. The number of nitrogens with zero attached hydrogens (tertiary/aromatic N) is 1. The summed E-state index contributed by atoms with van der Waals surface area (Å²) in [6.45, 7) is 1.56. The van der Waals surface area contributed by atoms with Crippen LogP contribution in [-0.4, -0.2) is 11.9 Å². The maximum absolute atomic E-state index is 5.53. The summed E-state index contributed by atoms with van der Waals surface area (Å²) in [5.74, 6) is 1.55. The van der Waals surface area contributed by atoms with E-state index in [1.54, 1.807) is 0 Å². The third-order valence-corrected chi connectivity index (χ3v) is 4.61. The Morgan fingerprint density at radius 2 is 1.57 bits per heavy atom. The molecule has 1 aliphatic heterocycles. The van der Waals surface area contributed by atoms with Gasteiger partial charge in [0.2, 0.25) is 6.79 Å². The van der Waals surface area contributed by atoms with Gasteiger partial charge in [0.15, 0.2) is 16.6 Å². The number of nitrogens with one attached hydrogen (secondary N) is 2. The molecule has 0 amide bonds. The number of rotatable bonds is 6. The zero-order valence-electron chi connectivity index (χ0n) is 15.3. The number of para-hydroxylation sites is 1. The molecule has 0 atom stereocenters. The van der Waals surface area contributed by atoms with Gasteiger partial charge in [-0.1, -0.05) is 54.6 Å². The lowest BCUT2D eigenvalue weighted by atomic mass is 10.2. The van der Waals surface area contributed by atoms with E-state index in [0.29, 0.717) is 18.2 Å². The van der Waals surface area contributed by atoms with Crippen molar-refractivity contribution in [2.24, 2.45) is 0 Å². The van der Waals surface area contributed by atoms with Crippen LogP contribution < -0.4 is 25.2 Å². The van der Waals surface area contributed by atoms with Crippen molar-refractivity contribution in [3.05, 3.63) is 90.0 Å². The number of hydrogen-bond acceptors (Lipinski definition) is 4.